The number of anilines is 2. The van der Waals surface area contributed by atoms with E-state index in [0.717, 1.165) is 31.6 Å². The molecule has 3 rings (SSSR count). The minimum Gasteiger partial charge on any atom is -0.326 e. The second-order valence-corrected chi connectivity index (χ2v) is 6.49. The Bertz CT molecular complexity index is 738. The lowest BCUT2D eigenvalue weighted by Gasteiger charge is -2.21. The van der Waals surface area contributed by atoms with Gasteiger partial charge in [-0.3, -0.25) is 9.59 Å². The number of rotatable bonds is 4. The first-order valence-corrected chi connectivity index (χ1v) is 8.68. The quantitative estimate of drug-likeness (QED) is 0.784. The molecule has 0 aromatic heterocycles. The summed E-state index contributed by atoms with van der Waals surface area (Å²) in [4.78, 5) is 24.4. The zero-order chi connectivity index (χ0) is 17.6. The first-order valence-electron chi connectivity index (χ1n) is 8.30. The van der Waals surface area contributed by atoms with Gasteiger partial charge in [0.25, 0.3) is 5.91 Å². The molecule has 0 unspecified atom stereocenters. The lowest BCUT2D eigenvalue weighted by atomic mass is 9.97. The first kappa shape index (κ1) is 17.5. The van der Waals surface area contributed by atoms with Crippen molar-refractivity contribution in [2.75, 3.05) is 23.7 Å². The van der Waals surface area contributed by atoms with Crippen LogP contribution in [-0.4, -0.2) is 24.9 Å². The monoisotopic (exact) mass is 357 g/mol. The molecule has 0 bridgehead atoms. The third kappa shape index (κ3) is 4.81. The van der Waals surface area contributed by atoms with Crippen LogP contribution in [0.15, 0.2) is 48.5 Å². The van der Waals surface area contributed by atoms with E-state index in [1.165, 1.54) is 0 Å². The van der Waals surface area contributed by atoms with Crippen molar-refractivity contribution in [2.45, 2.75) is 12.8 Å². The molecule has 2 aromatic rings. The van der Waals surface area contributed by atoms with Crippen LogP contribution in [0.25, 0.3) is 0 Å². The second-order valence-electron chi connectivity index (χ2n) is 6.05. The zero-order valence-electron chi connectivity index (χ0n) is 13.7. The Kier molecular flexibility index (Phi) is 5.68. The number of amides is 2. The van der Waals surface area contributed by atoms with Gasteiger partial charge in [0, 0.05) is 27.9 Å². The summed E-state index contributed by atoms with van der Waals surface area (Å²) in [6.45, 7) is 1.77. The van der Waals surface area contributed by atoms with Crippen LogP contribution in [0.1, 0.15) is 23.2 Å². The highest BCUT2D eigenvalue weighted by molar-refractivity contribution is 6.30. The topological polar surface area (TPSA) is 70.2 Å². The molecule has 2 aromatic carbocycles. The fourth-order valence-electron chi connectivity index (χ4n) is 2.77. The van der Waals surface area contributed by atoms with Crippen LogP contribution < -0.4 is 16.0 Å². The fourth-order valence-corrected chi connectivity index (χ4v) is 2.90. The summed E-state index contributed by atoms with van der Waals surface area (Å²) in [7, 11) is 0. The van der Waals surface area contributed by atoms with Crippen molar-refractivity contribution in [3.8, 4) is 0 Å². The highest BCUT2D eigenvalue weighted by atomic mass is 35.5. The lowest BCUT2D eigenvalue weighted by molar-refractivity contribution is -0.120. The number of nitrogens with one attached hydrogen (secondary N) is 3. The van der Waals surface area contributed by atoms with Crippen LogP contribution in [0.4, 0.5) is 11.4 Å². The summed E-state index contributed by atoms with van der Waals surface area (Å²) >= 11 is 5.82. The van der Waals surface area contributed by atoms with Gasteiger partial charge < -0.3 is 16.0 Å². The van der Waals surface area contributed by atoms with Crippen molar-refractivity contribution < 1.29 is 9.59 Å². The average Bonchev–Trinajstić information content (AvgIpc) is 2.64. The summed E-state index contributed by atoms with van der Waals surface area (Å²) in [6.07, 6.45) is 1.72. The molecule has 1 heterocycles. The Balaban J connectivity index is 1.57. The van der Waals surface area contributed by atoms with E-state index in [9.17, 15) is 9.59 Å². The number of piperidine rings is 1. The van der Waals surface area contributed by atoms with Crippen LogP contribution in [0.2, 0.25) is 5.02 Å². The van der Waals surface area contributed by atoms with E-state index in [-0.39, 0.29) is 17.7 Å². The van der Waals surface area contributed by atoms with Crippen molar-refractivity contribution in [1.82, 2.24) is 5.32 Å². The number of hydrogen-bond donors (Lipinski definition) is 3. The van der Waals surface area contributed by atoms with Crippen molar-refractivity contribution in [3.63, 3.8) is 0 Å². The maximum atomic E-state index is 12.2. The van der Waals surface area contributed by atoms with Crippen LogP contribution in [0, 0.1) is 5.92 Å². The Morgan fingerprint density at radius 1 is 0.880 bits per heavy atom. The Morgan fingerprint density at radius 2 is 1.44 bits per heavy atom. The van der Waals surface area contributed by atoms with Gasteiger partial charge in [0.2, 0.25) is 5.91 Å². The first-order chi connectivity index (χ1) is 12.1. The van der Waals surface area contributed by atoms with E-state index in [1.54, 1.807) is 48.5 Å². The molecule has 1 aliphatic rings. The van der Waals surface area contributed by atoms with E-state index < -0.39 is 0 Å². The van der Waals surface area contributed by atoms with Crippen LogP contribution in [0.5, 0.6) is 0 Å². The smallest absolute Gasteiger partial charge is 0.255 e. The lowest BCUT2D eigenvalue weighted by Crippen LogP contribution is -2.34. The predicted molar refractivity (Wildman–Crippen MR) is 100 cm³/mol. The van der Waals surface area contributed by atoms with E-state index in [2.05, 4.69) is 16.0 Å². The zero-order valence-corrected chi connectivity index (χ0v) is 14.5. The van der Waals surface area contributed by atoms with E-state index in [0.29, 0.717) is 16.3 Å². The van der Waals surface area contributed by atoms with Gasteiger partial charge in [-0.2, -0.15) is 0 Å². The van der Waals surface area contributed by atoms with E-state index >= 15 is 0 Å². The number of carbonyl (C=O) groups excluding carboxylic acids is 2. The molecular weight excluding hydrogens is 338 g/mol. The molecule has 0 saturated carbocycles. The van der Waals surface area contributed by atoms with Crippen LogP contribution in [-0.2, 0) is 4.79 Å². The molecule has 130 valence electrons. The summed E-state index contributed by atoms with van der Waals surface area (Å²) in [5.74, 6) is -0.0897. The van der Waals surface area contributed by atoms with Gasteiger partial charge in [0.15, 0.2) is 0 Å². The summed E-state index contributed by atoms with van der Waals surface area (Å²) in [5, 5.41) is 9.59. The minimum absolute atomic E-state index is 0.0550. The molecule has 5 nitrogen and oxygen atoms in total. The molecule has 1 aliphatic heterocycles. The second kappa shape index (κ2) is 8.14. The van der Waals surface area contributed by atoms with Gasteiger partial charge in [-0.1, -0.05) is 11.6 Å². The molecule has 6 heteroatoms. The van der Waals surface area contributed by atoms with Crippen molar-refractivity contribution in [3.05, 3.63) is 59.1 Å². The Labute approximate surface area is 151 Å². The van der Waals surface area contributed by atoms with Crippen LogP contribution in [0.3, 0.4) is 0 Å². The summed E-state index contributed by atoms with van der Waals surface area (Å²) in [5.41, 5.74) is 1.93. The van der Waals surface area contributed by atoms with Gasteiger partial charge in [0.05, 0.1) is 0 Å². The molecule has 1 saturated heterocycles. The normalized spacial score (nSPS) is 14.8. The standard InChI is InChI=1S/C19H20ClN3O2/c20-15-3-1-13(2-4-15)18(24)22-16-5-7-17(8-6-16)23-19(25)14-9-11-21-12-10-14/h1-8,14,21H,9-12H2,(H,22,24)(H,23,25). The molecule has 1 fully saturated rings. The third-order valence-corrected chi connectivity index (χ3v) is 4.48. The maximum absolute atomic E-state index is 12.2. The van der Waals surface area contributed by atoms with Gasteiger partial charge in [-0.15, -0.1) is 0 Å². The molecule has 3 N–H and O–H groups in total. The molecule has 25 heavy (non-hydrogen) atoms. The van der Waals surface area contributed by atoms with Crippen molar-refractivity contribution in [2.24, 2.45) is 5.92 Å². The molecule has 0 atom stereocenters. The highest BCUT2D eigenvalue weighted by Gasteiger charge is 2.20. The molecule has 0 radical (unpaired) electrons. The summed E-state index contributed by atoms with van der Waals surface area (Å²) in [6, 6.07) is 13.8. The molecule has 0 spiro atoms. The third-order valence-electron chi connectivity index (χ3n) is 4.23. The molecule has 0 aliphatic carbocycles. The Morgan fingerprint density at radius 3 is 2.04 bits per heavy atom. The number of halogens is 1. The highest BCUT2D eigenvalue weighted by Crippen LogP contribution is 2.18. The van der Waals surface area contributed by atoms with E-state index in [4.69, 9.17) is 11.6 Å². The number of hydrogen-bond acceptors (Lipinski definition) is 3. The van der Waals surface area contributed by atoms with E-state index in [1.807, 2.05) is 0 Å². The van der Waals surface area contributed by atoms with Crippen molar-refractivity contribution in [1.29, 1.82) is 0 Å². The molecule has 2 amide bonds. The minimum atomic E-state index is -0.205. The van der Waals surface area contributed by atoms with Gasteiger partial charge >= 0.3 is 0 Å². The largest absolute Gasteiger partial charge is 0.326 e. The van der Waals surface area contributed by atoms with Gasteiger partial charge in [-0.25, -0.2) is 0 Å². The Hall–Kier alpha value is -2.37. The predicted octanol–water partition coefficient (Wildman–Crippen LogP) is 3.53. The number of carbonyl (C=O) groups is 2. The summed E-state index contributed by atoms with van der Waals surface area (Å²) < 4.78 is 0. The van der Waals surface area contributed by atoms with Gasteiger partial charge in [-0.05, 0) is 74.5 Å². The van der Waals surface area contributed by atoms with Crippen LogP contribution >= 0.6 is 11.6 Å². The molecular formula is C19H20ClN3O2. The number of benzene rings is 2. The average molecular weight is 358 g/mol. The fraction of sp³-hybridized carbons (Fsp3) is 0.263. The maximum Gasteiger partial charge on any atom is 0.255 e. The SMILES string of the molecule is O=C(Nc1ccc(NC(=O)C2CCNCC2)cc1)c1ccc(Cl)cc1. The van der Waals surface area contributed by atoms with Crippen molar-refractivity contribution >= 4 is 34.8 Å². The van der Waals surface area contributed by atoms with Gasteiger partial charge in [0.1, 0.15) is 0 Å².